The Morgan fingerprint density at radius 1 is 1.09 bits per heavy atom. The summed E-state index contributed by atoms with van der Waals surface area (Å²) in [4.78, 5) is 20.2. The standard InChI is InChI=1S/C16H10N2O4/c19-16-12(18-15(22-16)11-3-1-2-6-17-11)7-10-4-5-13-14(8-10)21-9-20-13/h1-8H,9H2/b12-7+. The van der Waals surface area contributed by atoms with E-state index in [-0.39, 0.29) is 18.4 Å². The zero-order chi connectivity index (χ0) is 14.9. The number of ether oxygens (including phenoxy) is 3. The van der Waals surface area contributed by atoms with Gasteiger partial charge in [-0.15, -0.1) is 0 Å². The SMILES string of the molecule is O=C1OC(c2ccccn2)=N/C1=C/c1ccc2c(c1)OCO2. The number of benzene rings is 1. The predicted molar refractivity (Wildman–Crippen MR) is 77.4 cm³/mol. The van der Waals surface area contributed by atoms with Crippen LogP contribution in [0.15, 0.2) is 53.3 Å². The molecule has 6 nitrogen and oxygen atoms in total. The number of carbonyl (C=O) groups excluding carboxylic acids is 1. The van der Waals surface area contributed by atoms with Crippen LogP contribution in [0.2, 0.25) is 0 Å². The molecule has 4 rings (SSSR count). The Labute approximate surface area is 125 Å². The van der Waals surface area contributed by atoms with Crippen LogP contribution in [0, 0.1) is 0 Å². The van der Waals surface area contributed by atoms with Gasteiger partial charge in [-0.3, -0.25) is 4.98 Å². The van der Waals surface area contributed by atoms with Gasteiger partial charge in [-0.1, -0.05) is 12.1 Å². The summed E-state index contributed by atoms with van der Waals surface area (Å²) in [6.07, 6.45) is 3.26. The minimum absolute atomic E-state index is 0.206. The average molecular weight is 294 g/mol. The van der Waals surface area contributed by atoms with Crippen LogP contribution in [-0.2, 0) is 9.53 Å². The molecule has 0 amide bonds. The van der Waals surface area contributed by atoms with Crippen molar-refractivity contribution in [1.82, 2.24) is 4.98 Å². The average Bonchev–Trinajstić information content (AvgIpc) is 3.15. The molecule has 0 aliphatic carbocycles. The maximum absolute atomic E-state index is 11.9. The van der Waals surface area contributed by atoms with Gasteiger partial charge in [-0.25, -0.2) is 9.79 Å². The van der Waals surface area contributed by atoms with Gasteiger partial charge in [0, 0.05) is 6.20 Å². The van der Waals surface area contributed by atoms with Gasteiger partial charge in [0.15, 0.2) is 17.2 Å². The van der Waals surface area contributed by atoms with E-state index in [1.807, 2.05) is 6.07 Å². The summed E-state index contributed by atoms with van der Waals surface area (Å²) in [5.74, 6) is 1.04. The van der Waals surface area contributed by atoms with Crippen LogP contribution in [0.3, 0.4) is 0 Å². The van der Waals surface area contributed by atoms with Crippen LogP contribution in [0.25, 0.3) is 6.08 Å². The third-order valence-electron chi connectivity index (χ3n) is 3.20. The highest BCUT2D eigenvalue weighted by atomic mass is 16.7. The lowest BCUT2D eigenvalue weighted by molar-refractivity contribution is -0.129. The van der Waals surface area contributed by atoms with Gasteiger partial charge < -0.3 is 14.2 Å². The van der Waals surface area contributed by atoms with E-state index in [2.05, 4.69) is 9.98 Å². The lowest BCUT2D eigenvalue weighted by Gasteiger charge is -1.97. The highest BCUT2D eigenvalue weighted by molar-refractivity contribution is 6.12. The van der Waals surface area contributed by atoms with E-state index < -0.39 is 5.97 Å². The second kappa shape index (κ2) is 5.00. The Hall–Kier alpha value is -3.15. The molecule has 0 spiro atoms. The van der Waals surface area contributed by atoms with E-state index in [9.17, 15) is 4.79 Å². The van der Waals surface area contributed by atoms with Gasteiger partial charge in [-0.2, -0.15) is 0 Å². The van der Waals surface area contributed by atoms with E-state index in [0.717, 1.165) is 5.56 Å². The molecular formula is C16H10N2O4. The molecule has 1 aromatic carbocycles. The zero-order valence-electron chi connectivity index (χ0n) is 11.4. The summed E-state index contributed by atoms with van der Waals surface area (Å²) in [6.45, 7) is 0.208. The van der Waals surface area contributed by atoms with Crippen molar-refractivity contribution in [1.29, 1.82) is 0 Å². The Morgan fingerprint density at radius 3 is 2.86 bits per heavy atom. The van der Waals surface area contributed by atoms with E-state index in [4.69, 9.17) is 14.2 Å². The fourth-order valence-electron chi connectivity index (χ4n) is 2.17. The summed E-state index contributed by atoms with van der Waals surface area (Å²) in [5.41, 5.74) is 1.52. The lowest BCUT2D eigenvalue weighted by atomic mass is 10.1. The highest BCUT2D eigenvalue weighted by Gasteiger charge is 2.25. The van der Waals surface area contributed by atoms with E-state index in [1.54, 1.807) is 42.6 Å². The largest absolute Gasteiger partial charge is 0.454 e. The molecule has 22 heavy (non-hydrogen) atoms. The highest BCUT2D eigenvalue weighted by Crippen LogP contribution is 2.33. The van der Waals surface area contributed by atoms with Gasteiger partial charge in [0.25, 0.3) is 0 Å². The summed E-state index contributed by atoms with van der Waals surface area (Å²) in [5, 5.41) is 0. The first kappa shape index (κ1) is 12.6. The Bertz CT molecular complexity index is 812. The first-order chi connectivity index (χ1) is 10.8. The van der Waals surface area contributed by atoms with Crippen molar-refractivity contribution >= 4 is 17.9 Å². The molecule has 2 aliphatic rings. The molecule has 6 heteroatoms. The quantitative estimate of drug-likeness (QED) is 0.627. The number of carbonyl (C=O) groups is 1. The maximum Gasteiger partial charge on any atom is 0.363 e. The van der Waals surface area contributed by atoms with Crippen LogP contribution in [0.1, 0.15) is 11.3 Å². The number of pyridine rings is 1. The Balaban J connectivity index is 1.67. The summed E-state index contributed by atoms with van der Waals surface area (Å²) in [6, 6.07) is 10.7. The third kappa shape index (κ3) is 2.20. The van der Waals surface area contributed by atoms with Gasteiger partial charge in [-0.05, 0) is 35.9 Å². The number of rotatable bonds is 2. The number of aromatic nitrogens is 1. The maximum atomic E-state index is 11.9. The predicted octanol–water partition coefficient (Wildman–Crippen LogP) is 2.15. The summed E-state index contributed by atoms with van der Waals surface area (Å²) < 4.78 is 15.7. The van der Waals surface area contributed by atoms with E-state index in [0.29, 0.717) is 17.2 Å². The van der Waals surface area contributed by atoms with Crippen molar-refractivity contribution in [3.8, 4) is 11.5 Å². The first-order valence-electron chi connectivity index (χ1n) is 6.63. The topological polar surface area (TPSA) is 70.0 Å². The molecule has 0 atom stereocenters. The van der Waals surface area contributed by atoms with Crippen molar-refractivity contribution in [2.75, 3.05) is 6.79 Å². The van der Waals surface area contributed by atoms with E-state index in [1.165, 1.54) is 0 Å². The van der Waals surface area contributed by atoms with Crippen molar-refractivity contribution in [3.63, 3.8) is 0 Å². The van der Waals surface area contributed by atoms with Gasteiger partial charge in [0.1, 0.15) is 5.69 Å². The normalized spacial score (nSPS) is 17.5. The minimum Gasteiger partial charge on any atom is -0.454 e. The molecule has 1 aromatic heterocycles. The number of esters is 1. The number of fused-ring (bicyclic) bond motifs is 1. The molecule has 2 aromatic rings. The summed E-state index contributed by atoms with van der Waals surface area (Å²) >= 11 is 0. The monoisotopic (exact) mass is 294 g/mol. The molecule has 0 saturated heterocycles. The number of aliphatic imine (C=N–C) groups is 1. The van der Waals surface area contributed by atoms with Gasteiger partial charge in [0.2, 0.25) is 12.7 Å². The summed E-state index contributed by atoms with van der Waals surface area (Å²) in [7, 11) is 0. The van der Waals surface area contributed by atoms with E-state index >= 15 is 0 Å². The Kier molecular flexibility index (Phi) is 2.86. The molecule has 0 unspecified atom stereocenters. The molecule has 0 N–H and O–H groups in total. The molecule has 2 aliphatic heterocycles. The van der Waals surface area contributed by atoms with Crippen LogP contribution < -0.4 is 9.47 Å². The number of nitrogens with zero attached hydrogens (tertiary/aromatic N) is 2. The fraction of sp³-hybridized carbons (Fsp3) is 0.0625. The lowest BCUT2D eigenvalue weighted by Crippen LogP contribution is -2.06. The van der Waals surface area contributed by atoms with Crippen molar-refractivity contribution in [2.24, 2.45) is 4.99 Å². The van der Waals surface area contributed by atoms with Crippen molar-refractivity contribution < 1.29 is 19.0 Å². The molecule has 108 valence electrons. The van der Waals surface area contributed by atoms with Crippen molar-refractivity contribution in [2.45, 2.75) is 0 Å². The second-order valence-electron chi connectivity index (χ2n) is 4.66. The molecular weight excluding hydrogens is 284 g/mol. The number of hydrogen-bond donors (Lipinski definition) is 0. The second-order valence-corrected chi connectivity index (χ2v) is 4.66. The van der Waals surface area contributed by atoms with Gasteiger partial charge >= 0.3 is 5.97 Å². The molecule has 0 bridgehead atoms. The third-order valence-corrected chi connectivity index (χ3v) is 3.20. The van der Waals surface area contributed by atoms with Crippen LogP contribution in [-0.4, -0.2) is 23.6 Å². The zero-order valence-corrected chi connectivity index (χ0v) is 11.4. The van der Waals surface area contributed by atoms with Crippen LogP contribution in [0.4, 0.5) is 0 Å². The number of hydrogen-bond acceptors (Lipinski definition) is 6. The smallest absolute Gasteiger partial charge is 0.363 e. The van der Waals surface area contributed by atoms with Crippen LogP contribution >= 0.6 is 0 Å². The fourth-order valence-corrected chi connectivity index (χ4v) is 2.17. The minimum atomic E-state index is -0.502. The molecule has 0 saturated carbocycles. The number of cyclic esters (lactones) is 1. The molecule has 0 radical (unpaired) electrons. The van der Waals surface area contributed by atoms with Crippen molar-refractivity contribution in [3.05, 3.63) is 59.5 Å². The molecule has 3 heterocycles. The van der Waals surface area contributed by atoms with Crippen LogP contribution in [0.5, 0.6) is 11.5 Å². The van der Waals surface area contributed by atoms with Gasteiger partial charge in [0.05, 0.1) is 0 Å². The Morgan fingerprint density at radius 2 is 2.00 bits per heavy atom. The first-order valence-corrected chi connectivity index (χ1v) is 6.63. The molecule has 0 fully saturated rings.